The highest BCUT2D eigenvalue weighted by atomic mass is 32.2. The molecule has 0 saturated heterocycles. The number of carbonyl (C=O) groups is 1. The van der Waals surface area contributed by atoms with E-state index in [9.17, 15) is 13.2 Å². The Kier molecular flexibility index (Phi) is 7.21. The maximum absolute atomic E-state index is 12.9. The molecule has 0 aliphatic heterocycles. The molecule has 2 N–H and O–H groups in total. The Hall–Kier alpha value is -2.38. The average Bonchev–Trinajstić information content (AvgIpc) is 2.67. The van der Waals surface area contributed by atoms with E-state index in [2.05, 4.69) is 23.9 Å². The Morgan fingerprint density at radius 3 is 2.50 bits per heavy atom. The molecule has 0 aromatic heterocycles. The summed E-state index contributed by atoms with van der Waals surface area (Å²) in [6.07, 6.45) is 0.660. The second-order valence-corrected chi connectivity index (χ2v) is 8.65. The fraction of sp³-hybridized carbons (Fsp3) is 0.381. The molecule has 0 spiro atoms. The zero-order valence-electron chi connectivity index (χ0n) is 17.0. The molecule has 1 amide bonds. The zero-order chi connectivity index (χ0) is 20.9. The third-order valence-electron chi connectivity index (χ3n) is 4.42. The highest BCUT2D eigenvalue weighted by Crippen LogP contribution is 2.29. The van der Waals surface area contributed by atoms with Crippen molar-refractivity contribution in [3.63, 3.8) is 0 Å². The van der Waals surface area contributed by atoms with Crippen molar-refractivity contribution < 1.29 is 17.9 Å². The topological polar surface area (TPSA) is 84.5 Å². The first kappa shape index (κ1) is 21.9. The largest absolute Gasteiger partial charge is 0.495 e. The predicted octanol–water partition coefficient (Wildman–Crippen LogP) is 4.07. The van der Waals surface area contributed by atoms with Crippen molar-refractivity contribution in [2.24, 2.45) is 0 Å². The molecule has 0 bridgehead atoms. The van der Waals surface area contributed by atoms with Gasteiger partial charge < -0.3 is 10.1 Å². The molecule has 6 nitrogen and oxygen atoms in total. The van der Waals surface area contributed by atoms with Gasteiger partial charge in [0.25, 0.3) is 5.91 Å². The van der Waals surface area contributed by atoms with Gasteiger partial charge in [0.2, 0.25) is 10.0 Å². The Bertz CT molecular complexity index is 953. The molecule has 2 aromatic carbocycles. The summed E-state index contributed by atoms with van der Waals surface area (Å²) in [4.78, 5) is 12.8. The van der Waals surface area contributed by atoms with Gasteiger partial charge in [0.1, 0.15) is 10.6 Å². The Balaban J connectivity index is 2.42. The molecule has 28 heavy (non-hydrogen) atoms. The molecule has 2 rings (SSSR count). The van der Waals surface area contributed by atoms with Crippen molar-refractivity contribution in [2.45, 2.75) is 44.9 Å². The molecule has 0 atom stereocenters. The first-order valence-corrected chi connectivity index (χ1v) is 10.8. The van der Waals surface area contributed by atoms with Gasteiger partial charge in [-0.3, -0.25) is 4.79 Å². The summed E-state index contributed by atoms with van der Waals surface area (Å²) in [6, 6.07) is 10.3. The number of nitrogens with one attached hydrogen (secondary N) is 2. The fourth-order valence-corrected chi connectivity index (χ4v) is 4.20. The molecule has 0 fully saturated rings. The molecular formula is C21H28N2O4S. The van der Waals surface area contributed by atoms with Gasteiger partial charge in [-0.05, 0) is 48.6 Å². The number of hydrogen-bond donors (Lipinski definition) is 2. The average molecular weight is 405 g/mol. The minimum Gasteiger partial charge on any atom is -0.495 e. The van der Waals surface area contributed by atoms with Gasteiger partial charge in [-0.25, -0.2) is 13.1 Å². The van der Waals surface area contributed by atoms with Crippen molar-refractivity contribution in [2.75, 3.05) is 19.0 Å². The number of aryl methyl sites for hydroxylation is 1. The number of carbonyl (C=O) groups excluding carboxylic acids is 1. The number of anilines is 1. The van der Waals surface area contributed by atoms with Crippen molar-refractivity contribution in [1.29, 1.82) is 0 Å². The van der Waals surface area contributed by atoms with E-state index in [1.54, 1.807) is 6.07 Å². The maximum Gasteiger partial charge on any atom is 0.255 e. The van der Waals surface area contributed by atoms with Crippen LogP contribution in [0.2, 0.25) is 0 Å². The molecule has 7 heteroatoms. The third kappa shape index (κ3) is 4.91. The van der Waals surface area contributed by atoms with Crippen LogP contribution in [0.1, 0.15) is 54.6 Å². The standard InChI is InChI=1S/C21H28N2O4S/c1-6-12-22-28(25,26)19-13-16(10-11-18(19)27-5)21(24)23-20-15(4)8-7-9-17(20)14(2)3/h7-11,13-14,22H,6,12H2,1-5H3,(H,23,24). The number of sulfonamides is 1. The Morgan fingerprint density at radius 2 is 1.89 bits per heavy atom. The summed E-state index contributed by atoms with van der Waals surface area (Å²) >= 11 is 0. The lowest BCUT2D eigenvalue weighted by molar-refractivity contribution is 0.102. The lowest BCUT2D eigenvalue weighted by Crippen LogP contribution is -2.25. The third-order valence-corrected chi connectivity index (χ3v) is 5.91. The molecule has 0 aliphatic rings. The molecular weight excluding hydrogens is 376 g/mol. The van der Waals surface area contributed by atoms with Gasteiger partial charge >= 0.3 is 0 Å². The maximum atomic E-state index is 12.9. The van der Waals surface area contributed by atoms with Crippen LogP contribution in [0.5, 0.6) is 5.75 Å². The number of methoxy groups -OCH3 is 1. The van der Waals surface area contributed by atoms with E-state index in [4.69, 9.17) is 4.74 Å². The second kappa shape index (κ2) is 9.21. The van der Waals surface area contributed by atoms with Crippen LogP contribution in [0.4, 0.5) is 5.69 Å². The molecule has 0 aliphatic carbocycles. The van der Waals surface area contributed by atoms with E-state index in [1.165, 1.54) is 19.2 Å². The van der Waals surface area contributed by atoms with Crippen LogP contribution in [0.3, 0.4) is 0 Å². The monoisotopic (exact) mass is 404 g/mol. The van der Waals surface area contributed by atoms with Gasteiger partial charge in [-0.1, -0.05) is 39.0 Å². The van der Waals surface area contributed by atoms with E-state index < -0.39 is 10.0 Å². The van der Waals surface area contributed by atoms with E-state index in [0.29, 0.717) is 13.0 Å². The van der Waals surface area contributed by atoms with Crippen LogP contribution in [0.25, 0.3) is 0 Å². The van der Waals surface area contributed by atoms with E-state index in [0.717, 1.165) is 16.8 Å². The van der Waals surface area contributed by atoms with Crippen LogP contribution < -0.4 is 14.8 Å². The summed E-state index contributed by atoms with van der Waals surface area (Å²) in [7, 11) is -2.38. The number of para-hydroxylation sites is 1. The van der Waals surface area contributed by atoms with Crippen molar-refractivity contribution in [3.8, 4) is 5.75 Å². The van der Waals surface area contributed by atoms with E-state index in [1.807, 2.05) is 32.0 Å². The molecule has 0 heterocycles. The van der Waals surface area contributed by atoms with Gasteiger partial charge in [0, 0.05) is 17.8 Å². The quantitative estimate of drug-likeness (QED) is 0.695. The molecule has 0 radical (unpaired) electrons. The van der Waals surface area contributed by atoms with Crippen LogP contribution in [-0.4, -0.2) is 28.0 Å². The van der Waals surface area contributed by atoms with Crippen LogP contribution in [0, 0.1) is 6.92 Å². The summed E-state index contributed by atoms with van der Waals surface area (Å²) in [6.45, 7) is 8.23. The fourth-order valence-electron chi connectivity index (χ4n) is 2.87. The first-order valence-electron chi connectivity index (χ1n) is 9.29. The van der Waals surface area contributed by atoms with Gasteiger partial charge in [-0.2, -0.15) is 0 Å². The lowest BCUT2D eigenvalue weighted by Gasteiger charge is -2.17. The first-order chi connectivity index (χ1) is 13.2. The zero-order valence-corrected chi connectivity index (χ0v) is 17.8. The SMILES string of the molecule is CCCNS(=O)(=O)c1cc(C(=O)Nc2c(C)cccc2C(C)C)ccc1OC. The number of amides is 1. The normalized spacial score (nSPS) is 11.5. The van der Waals surface area contributed by atoms with E-state index >= 15 is 0 Å². The van der Waals surface area contributed by atoms with Crippen molar-refractivity contribution in [1.82, 2.24) is 4.72 Å². The Morgan fingerprint density at radius 1 is 1.18 bits per heavy atom. The summed E-state index contributed by atoms with van der Waals surface area (Å²) in [5, 5.41) is 2.94. The molecule has 0 saturated carbocycles. The number of rotatable bonds is 8. The molecule has 0 unspecified atom stereocenters. The molecule has 152 valence electrons. The van der Waals surface area contributed by atoms with Gasteiger partial charge in [0.05, 0.1) is 7.11 Å². The summed E-state index contributed by atoms with van der Waals surface area (Å²) in [5.74, 6) is 0.0601. The minimum absolute atomic E-state index is 0.0510. The highest BCUT2D eigenvalue weighted by Gasteiger charge is 2.22. The van der Waals surface area contributed by atoms with Gasteiger partial charge in [-0.15, -0.1) is 0 Å². The molecule has 2 aromatic rings. The second-order valence-electron chi connectivity index (χ2n) is 6.91. The Labute approximate surface area is 167 Å². The highest BCUT2D eigenvalue weighted by molar-refractivity contribution is 7.89. The number of ether oxygens (including phenoxy) is 1. The minimum atomic E-state index is -3.78. The van der Waals surface area contributed by atoms with Crippen LogP contribution in [0.15, 0.2) is 41.3 Å². The lowest BCUT2D eigenvalue weighted by atomic mass is 9.98. The van der Waals surface area contributed by atoms with Crippen LogP contribution in [-0.2, 0) is 10.0 Å². The van der Waals surface area contributed by atoms with Crippen molar-refractivity contribution in [3.05, 3.63) is 53.1 Å². The van der Waals surface area contributed by atoms with Crippen LogP contribution >= 0.6 is 0 Å². The van der Waals surface area contributed by atoms with E-state index in [-0.39, 0.29) is 28.0 Å². The predicted molar refractivity (Wildman–Crippen MR) is 112 cm³/mol. The van der Waals surface area contributed by atoms with Crippen molar-refractivity contribution >= 4 is 21.6 Å². The summed E-state index contributed by atoms with van der Waals surface area (Å²) < 4.78 is 32.8. The smallest absolute Gasteiger partial charge is 0.255 e. The van der Waals surface area contributed by atoms with Gasteiger partial charge in [0.15, 0.2) is 0 Å². The number of benzene rings is 2. The summed E-state index contributed by atoms with van der Waals surface area (Å²) in [5.41, 5.74) is 2.98. The number of hydrogen-bond acceptors (Lipinski definition) is 4.